The van der Waals surface area contributed by atoms with Gasteiger partial charge in [-0.2, -0.15) is 5.26 Å². The third-order valence-electron chi connectivity index (χ3n) is 3.57. The van der Waals surface area contributed by atoms with Crippen molar-refractivity contribution in [3.63, 3.8) is 0 Å². The summed E-state index contributed by atoms with van der Waals surface area (Å²) in [6, 6.07) is 10.0. The third-order valence-corrected chi connectivity index (χ3v) is 4.77. The van der Waals surface area contributed by atoms with Crippen LogP contribution in [-0.2, 0) is 12.8 Å². The van der Waals surface area contributed by atoms with Gasteiger partial charge in [-0.1, -0.05) is 24.8 Å². The van der Waals surface area contributed by atoms with E-state index in [-0.39, 0.29) is 0 Å². The molecule has 0 saturated heterocycles. The summed E-state index contributed by atoms with van der Waals surface area (Å²) in [6.07, 6.45) is 6.75. The van der Waals surface area contributed by atoms with Crippen LogP contribution in [0.2, 0.25) is 0 Å². The predicted molar refractivity (Wildman–Crippen MR) is 90.4 cm³/mol. The Bertz CT molecular complexity index is 768. The van der Waals surface area contributed by atoms with Gasteiger partial charge in [0.25, 0.3) is 0 Å². The van der Waals surface area contributed by atoms with Crippen molar-refractivity contribution < 1.29 is 4.74 Å². The van der Waals surface area contributed by atoms with Crippen LogP contribution >= 0.6 is 11.3 Å². The minimum Gasteiger partial charge on any atom is -0.490 e. The highest BCUT2D eigenvalue weighted by atomic mass is 32.1. The van der Waals surface area contributed by atoms with E-state index in [2.05, 4.69) is 17.6 Å². The Morgan fingerprint density at radius 3 is 3.14 bits per heavy atom. The number of hydrogen-bond donors (Lipinski definition) is 0. The molecule has 3 nitrogen and oxygen atoms in total. The zero-order chi connectivity index (χ0) is 15.4. The van der Waals surface area contributed by atoms with Gasteiger partial charge in [-0.15, -0.1) is 11.3 Å². The van der Waals surface area contributed by atoms with E-state index >= 15 is 0 Å². The molecule has 0 amide bonds. The lowest BCUT2D eigenvalue weighted by Crippen LogP contribution is -1.93. The normalized spacial score (nSPS) is 13.0. The second-order valence-corrected chi connectivity index (χ2v) is 6.16. The van der Waals surface area contributed by atoms with Crippen molar-refractivity contribution in [3.05, 3.63) is 58.5 Å². The van der Waals surface area contributed by atoms with Crippen molar-refractivity contribution >= 4 is 22.6 Å². The maximum atomic E-state index is 9.36. The molecule has 0 radical (unpaired) electrons. The average Bonchev–Trinajstić information content (AvgIpc) is 3.11. The number of thiophene rings is 1. The molecule has 0 atom stereocenters. The molecule has 1 aliphatic rings. The molecular weight excluding hydrogens is 292 g/mol. The molecule has 4 heteroatoms. The van der Waals surface area contributed by atoms with Crippen LogP contribution in [0.1, 0.15) is 28.0 Å². The minimum absolute atomic E-state index is 0.483. The highest BCUT2D eigenvalue weighted by molar-refractivity contribution is 7.16. The second kappa shape index (κ2) is 6.59. The molecule has 3 rings (SSSR count). The fourth-order valence-electron chi connectivity index (χ4n) is 2.57. The number of aryl methyl sites for hydroxylation is 1. The monoisotopic (exact) mass is 308 g/mol. The fraction of sp³-hybridized carbons (Fsp3) is 0.222. The number of nitrogens with zero attached hydrogens (tertiary/aromatic N) is 2. The smallest absolute Gasteiger partial charge is 0.134 e. The van der Waals surface area contributed by atoms with E-state index in [1.54, 1.807) is 23.6 Å². The van der Waals surface area contributed by atoms with E-state index in [1.165, 1.54) is 10.4 Å². The molecule has 0 unspecified atom stereocenters. The molecule has 1 aromatic heterocycles. The van der Waals surface area contributed by atoms with Crippen LogP contribution in [0.3, 0.4) is 0 Å². The quantitative estimate of drug-likeness (QED) is 0.606. The van der Waals surface area contributed by atoms with Crippen molar-refractivity contribution in [2.45, 2.75) is 19.3 Å². The Hall–Kier alpha value is -2.38. The van der Waals surface area contributed by atoms with Crippen LogP contribution in [0.4, 0.5) is 5.00 Å². The Kier molecular flexibility index (Phi) is 4.36. The molecule has 2 aromatic rings. The van der Waals surface area contributed by atoms with Crippen molar-refractivity contribution in [2.24, 2.45) is 4.99 Å². The van der Waals surface area contributed by atoms with E-state index in [0.29, 0.717) is 6.61 Å². The maximum absolute atomic E-state index is 9.36. The molecule has 1 aromatic carbocycles. The molecule has 0 aliphatic heterocycles. The van der Waals surface area contributed by atoms with Gasteiger partial charge >= 0.3 is 0 Å². The summed E-state index contributed by atoms with van der Waals surface area (Å²) in [6.45, 7) is 4.12. The minimum atomic E-state index is 0.483. The van der Waals surface area contributed by atoms with Gasteiger partial charge < -0.3 is 4.74 Å². The summed E-state index contributed by atoms with van der Waals surface area (Å²) >= 11 is 1.65. The lowest BCUT2D eigenvalue weighted by molar-refractivity contribution is 0.363. The van der Waals surface area contributed by atoms with Crippen molar-refractivity contribution in [3.8, 4) is 11.8 Å². The van der Waals surface area contributed by atoms with Crippen LogP contribution in [-0.4, -0.2) is 12.8 Å². The standard InChI is InChI=1S/C18H16N2OS/c1-2-9-21-14-6-3-5-13(10-14)12-20-18-16(11-19)15-7-4-8-17(15)22-18/h2-3,5-6,10,12H,1,4,7-9H2/b20-12+. The first-order valence-electron chi connectivity index (χ1n) is 7.24. The van der Waals surface area contributed by atoms with E-state index in [4.69, 9.17) is 4.74 Å². The van der Waals surface area contributed by atoms with Crippen LogP contribution in [0.15, 0.2) is 41.9 Å². The first-order valence-corrected chi connectivity index (χ1v) is 8.06. The Labute approximate surface area is 134 Å². The van der Waals surface area contributed by atoms with Gasteiger partial charge in [-0.3, -0.25) is 0 Å². The molecule has 1 heterocycles. The number of hydrogen-bond acceptors (Lipinski definition) is 4. The Morgan fingerprint density at radius 2 is 2.32 bits per heavy atom. The average molecular weight is 308 g/mol. The van der Waals surface area contributed by atoms with Crippen molar-refractivity contribution in [1.29, 1.82) is 5.26 Å². The first-order chi connectivity index (χ1) is 10.8. The predicted octanol–water partition coefficient (Wildman–Crippen LogP) is 4.42. The molecule has 1 aliphatic carbocycles. The number of fused-ring (bicyclic) bond motifs is 1. The fourth-order valence-corrected chi connectivity index (χ4v) is 3.75. The van der Waals surface area contributed by atoms with Crippen molar-refractivity contribution in [2.75, 3.05) is 6.61 Å². The van der Waals surface area contributed by atoms with Gasteiger partial charge in [0.15, 0.2) is 0 Å². The van der Waals surface area contributed by atoms with E-state index < -0.39 is 0 Å². The lowest BCUT2D eigenvalue weighted by atomic mass is 10.1. The topological polar surface area (TPSA) is 45.4 Å². The largest absolute Gasteiger partial charge is 0.490 e. The number of aliphatic imine (C=N–C) groups is 1. The van der Waals surface area contributed by atoms with Crippen LogP contribution in [0, 0.1) is 11.3 Å². The highest BCUT2D eigenvalue weighted by Gasteiger charge is 2.21. The van der Waals surface area contributed by atoms with Gasteiger partial charge in [0, 0.05) is 11.1 Å². The molecular formula is C18H16N2OS. The summed E-state index contributed by atoms with van der Waals surface area (Å²) in [5.74, 6) is 0.790. The van der Waals surface area contributed by atoms with Crippen LogP contribution in [0.5, 0.6) is 5.75 Å². The molecule has 0 N–H and O–H groups in total. The zero-order valence-electron chi connectivity index (χ0n) is 12.2. The molecule has 0 spiro atoms. The Balaban J connectivity index is 1.83. The number of rotatable bonds is 5. The molecule has 0 fully saturated rings. The molecule has 22 heavy (non-hydrogen) atoms. The summed E-state index contributed by atoms with van der Waals surface area (Å²) in [7, 11) is 0. The van der Waals surface area contributed by atoms with Gasteiger partial charge in [-0.25, -0.2) is 4.99 Å². The van der Waals surface area contributed by atoms with E-state index in [0.717, 1.165) is 41.1 Å². The van der Waals surface area contributed by atoms with Gasteiger partial charge in [-0.05, 0) is 42.5 Å². The third kappa shape index (κ3) is 2.95. The summed E-state index contributed by atoms with van der Waals surface area (Å²) < 4.78 is 5.51. The summed E-state index contributed by atoms with van der Waals surface area (Å²) in [5, 5.41) is 10.2. The Morgan fingerprint density at radius 1 is 1.41 bits per heavy atom. The number of ether oxygens (including phenoxy) is 1. The van der Waals surface area contributed by atoms with Crippen LogP contribution < -0.4 is 4.74 Å². The molecule has 0 saturated carbocycles. The van der Waals surface area contributed by atoms with Gasteiger partial charge in [0.2, 0.25) is 0 Å². The van der Waals surface area contributed by atoms with Crippen LogP contribution in [0.25, 0.3) is 0 Å². The zero-order valence-corrected chi connectivity index (χ0v) is 13.0. The highest BCUT2D eigenvalue weighted by Crippen LogP contribution is 2.40. The van der Waals surface area contributed by atoms with Crippen molar-refractivity contribution in [1.82, 2.24) is 0 Å². The second-order valence-electron chi connectivity index (χ2n) is 5.08. The SMILES string of the molecule is C=CCOc1cccc(/C=N/c2sc3c(c2C#N)CCC3)c1. The van der Waals surface area contributed by atoms with E-state index in [9.17, 15) is 5.26 Å². The van der Waals surface area contributed by atoms with E-state index in [1.807, 2.05) is 24.3 Å². The molecule has 110 valence electrons. The number of nitriles is 1. The first kappa shape index (κ1) is 14.6. The number of benzene rings is 1. The van der Waals surface area contributed by atoms with Gasteiger partial charge in [0.05, 0.1) is 5.56 Å². The van der Waals surface area contributed by atoms with Gasteiger partial charge in [0.1, 0.15) is 23.4 Å². The summed E-state index contributed by atoms with van der Waals surface area (Å²) in [5.41, 5.74) is 2.93. The molecule has 0 bridgehead atoms. The maximum Gasteiger partial charge on any atom is 0.134 e. The lowest BCUT2D eigenvalue weighted by Gasteiger charge is -2.03. The summed E-state index contributed by atoms with van der Waals surface area (Å²) in [4.78, 5) is 5.85.